The third kappa shape index (κ3) is 7.93. The predicted octanol–water partition coefficient (Wildman–Crippen LogP) is 0.633. The van der Waals surface area contributed by atoms with Gasteiger partial charge in [-0.05, 0) is 73.9 Å². The molecule has 0 aromatic heterocycles. The first-order chi connectivity index (χ1) is 18.4. The molecule has 0 radical (unpaired) electrons. The van der Waals surface area contributed by atoms with E-state index in [0.29, 0.717) is 13.0 Å². The van der Waals surface area contributed by atoms with Crippen LogP contribution < -0.4 is 5.32 Å². The van der Waals surface area contributed by atoms with Crippen LogP contribution in [0.5, 0.6) is 0 Å². The molecule has 2 heterocycles. The van der Waals surface area contributed by atoms with E-state index in [2.05, 4.69) is 5.32 Å². The summed E-state index contributed by atoms with van der Waals surface area (Å²) in [6.07, 6.45) is -5.78. The van der Waals surface area contributed by atoms with E-state index in [1.807, 2.05) is 25.8 Å². The fourth-order valence-electron chi connectivity index (χ4n) is 6.54. The van der Waals surface area contributed by atoms with E-state index in [1.54, 1.807) is 34.7 Å². The summed E-state index contributed by atoms with van der Waals surface area (Å²) in [5.74, 6) is -2.65. The van der Waals surface area contributed by atoms with E-state index in [0.717, 1.165) is 0 Å². The van der Waals surface area contributed by atoms with Gasteiger partial charge in [-0.1, -0.05) is 20.8 Å². The molecule has 236 valence electrons. The highest BCUT2D eigenvalue weighted by atomic mass is 16.7. The molecule has 0 spiro atoms. The van der Waals surface area contributed by atoms with E-state index in [-0.39, 0.29) is 30.9 Å². The Bertz CT molecular complexity index is 812. The lowest BCUT2D eigenvalue weighted by Gasteiger charge is -2.45. The standard InChI is InChI=1S/C29H56N2O9/c1-11-21-29(8,37)24(34)19(6)31(10)14-15(2)13-28(7,36)25(17(4)22(32)18(5)26(35)39-21)40-27-23(33)20(30-9)12-16(3)38-27/h15-25,27,30,32-34,36-37H,11-14H2,1-10H3/t15-,16-,17+,18-,19-,20+,21-,22+,23-,24-,25-,27-,28-,29-/m1/s1. The number of nitrogens with one attached hydrogen (secondary N) is 1. The quantitative estimate of drug-likeness (QED) is 0.261. The van der Waals surface area contributed by atoms with E-state index < -0.39 is 71.9 Å². The van der Waals surface area contributed by atoms with E-state index in [4.69, 9.17) is 14.2 Å². The maximum atomic E-state index is 13.2. The number of esters is 1. The highest BCUT2D eigenvalue weighted by Gasteiger charge is 2.49. The second-order valence-electron chi connectivity index (χ2n) is 13.0. The zero-order chi connectivity index (χ0) is 30.7. The molecular formula is C29H56N2O9. The second-order valence-corrected chi connectivity index (χ2v) is 13.0. The van der Waals surface area contributed by atoms with Crippen molar-refractivity contribution in [3.8, 4) is 0 Å². The molecule has 2 aliphatic heterocycles. The highest BCUT2D eigenvalue weighted by Crippen LogP contribution is 2.36. The van der Waals surface area contributed by atoms with Crippen LogP contribution in [-0.2, 0) is 19.0 Å². The molecule has 0 aliphatic carbocycles. The van der Waals surface area contributed by atoms with Gasteiger partial charge in [-0.2, -0.15) is 0 Å². The van der Waals surface area contributed by atoms with Gasteiger partial charge in [-0.15, -0.1) is 0 Å². The number of carbonyl (C=O) groups is 1. The predicted molar refractivity (Wildman–Crippen MR) is 150 cm³/mol. The van der Waals surface area contributed by atoms with Gasteiger partial charge in [-0.25, -0.2) is 0 Å². The number of aliphatic hydroxyl groups excluding tert-OH is 3. The fourth-order valence-corrected chi connectivity index (χ4v) is 6.54. The number of rotatable bonds is 4. The molecule has 2 fully saturated rings. The molecule has 2 rings (SSSR count). The Kier molecular flexibility index (Phi) is 12.4. The topological polar surface area (TPSA) is 161 Å². The van der Waals surface area contributed by atoms with Gasteiger partial charge in [0, 0.05) is 24.5 Å². The number of nitrogens with zero attached hydrogens (tertiary/aromatic N) is 1. The third-order valence-electron chi connectivity index (χ3n) is 9.20. The molecule has 6 N–H and O–H groups in total. The summed E-state index contributed by atoms with van der Waals surface area (Å²) >= 11 is 0. The van der Waals surface area contributed by atoms with E-state index in [9.17, 15) is 30.3 Å². The Balaban J connectivity index is 2.51. The molecule has 0 aromatic carbocycles. The number of carbonyl (C=O) groups excluding carboxylic acids is 1. The Morgan fingerprint density at radius 3 is 2.23 bits per heavy atom. The minimum absolute atomic E-state index is 0.0985. The highest BCUT2D eigenvalue weighted by molar-refractivity contribution is 5.73. The molecule has 40 heavy (non-hydrogen) atoms. The Morgan fingerprint density at radius 2 is 1.68 bits per heavy atom. The monoisotopic (exact) mass is 576 g/mol. The minimum Gasteiger partial charge on any atom is -0.459 e. The van der Waals surface area contributed by atoms with Crippen LogP contribution in [-0.4, -0.2) is 123 Å². The average molecular weight is 577 g/mol. The molecule has 0 bridgehead atoms. The van der Waals surface area contributed by atoms with Crippen molar-refractivity contribution in [3.63, 3.8) is 0 Å². The van der Waals surface area contributed by atoms with Crippen LogP contribution in [0.25, 0.3) is 0 Å². The Hall–Kier alpha value is -0.890. The molecule has 0 saturated carbocycles. The first-order valence-corrected chi connectivity index (χ1v) is 14.8. The van der Waals surface area contributed by atoms with Crippen molar-refractivity contribution in [1.82, 2.24) is 10.2 Å². The van der Waals surface area contributed by atoms with E-state index >= 15 is 0 Å². The molecule has 2 aliphatic rings. The number of cyclic esters (lactones) is 1. The lowest BCUT2D eigenvalue weighted by molar-refractivity contribution is -0.294. The number of aliphatic hydroxyl groups is 5. The number of ether oxygens (including phenoxy) is 3. The Morgan fingerprint density at radius 1 is 1.07 bits per heavy atom. The zero-order valence-corrected chi connectivity index (χ0v) is 26.1. The average Bonchev–Trinajstić information content (AvgIpc) is 2.88. The lowest BCUT2D eigenvalue weighted by atomic mass is 9.78. The van der Waals surface area contributed by atoms with Crippen LogP contribution in [0.4, 0.5) is 0 Å². The van der Waals surface area contributed by atoms with Crippen LogP contribution in [0.3, 0.4) is 0 Å². The smallest absolute Gasteiger partial charge is 0.311 e. The lowest BCUT2D eigenvalue weighted by Crippen LogP contribution is -2.59. The summed E-state index contributed by atoms with van der Waals surface area (Å²) in [4.78, 5) is 15.1. The number of hydrogen-bond acceptors (Lipinski definition) is 11. The molecule has 0 unspecified atom stereocenters. The summed E-state index contributed by atoms with van der Waals surface area (Å²) in [6.45, 7) is 14.2. The molecule has 11 nitrogen and oxygen atoms in total. The maximum absolute atomic E-state index is 13.2. The second kappa shape index (κ2) is 14.1. The minimum atomic E-state index is -1.75. The van der Waals surface area contributed by atoms with Crippen LogP contribution in [0.2, 0.25) is 0 Å². The van der Waals surface area contributed by atoms with E-state index in [1.165, 1.54) is 13.8 Å². The zero-order valence-electron chi connectivity index (χ0n) is 26.1. The summed E-state index contributed by atoms with van der Waals surface area (Å²) in [7, 11) is 3.58. The first-order valence-electron chi connectivity index (χ1n) is 14.8. The van der Waals surface area contributed by atoms with Gasteiger partial charge in [0.2, 0.25) is 0 Å². The van der Waals surface area contributed by atoms with Gasteiger partial charge in [0.05, 0.1) is 29.8 Å². The van der Waals surface area contributed by atoms with Gasteiger partial charge in [-0.3, -0.25) is 4.79 Å². The summed E-state index contributed by atoms with van der Waals surface area (Å²) in [5.41, 5.74) is -3.24. The van der Waals surface area contributed by atoms with Gasteiger partial charge < -0.3 is 50.0 Å². The van der Waals surface area contributed by atoms with Crippen molar-refractivity contribution in [2.45, 2.75) is 141 Å². The third-order valence-corrected chi connectivity index (χ3v) is 9.20. The van der Waals surface area contributed by atoms with Crippen LogP contribution in [0, 0.1) is 17.8 Å². The van der Waals surface area contributed by atoms with Crippen molar-refractivity contribution < 1.29 is 44.5 Å². The van der Waals surface area contributed by atoms with Crippen molar-refractivity contribution in [3.05, 3.63) is 0 Å². The van der Waals surface area contributed by atoms with Crippen molar-refractivity contribution in [2.24, 2.45) is 17.8 Å². The van der Waals surface area contributed by atoms with Crippen molar-refractivity contribution >= 4 is 5.97 Å². The van der Waals surface area contributed by atoms with Crippen LogP contribution in [0.1, 0.15) is 74.7 Å². The first kappa shape index (κ1) is 35.3. The fraction of sp³-hybridized carbons (Fsp3) is 0.966. The number of hydrogen-bond donors (Lipinski definition) is 6. The largest absolute Gasteiger partial charge is 0.459 e. The summed E-state index contributed by atoms with van der Waals surface area (Å²) < 4.78 is 18.0. The normalized spacial score (nSPS) is 49.1. The van der Waals surface area contributed by atoms with Gasteiger partial charge in [0.15, 0.2) is 6.29 Å². The summed E-state index contributed by atoms with van der Waals surface area (Å²) in [6, 6.07) is -0.783. The summed E-state index contributed by atoms with van der Waals surface area (Å²) in [5, 5.41) is 59.8. The molecule has 0 amide bonds. The van der Waals surface area contributed by atoms with Crippen molar-refractivity contribution in [2.75, 3.05) is 20.6 Å². The molecular weight excluding hydrogens is 520 g/mol. The van der Waals surface area contributed by atoms with Crippen LogP contribution >= 0.6 is 0 Å². The van der Waals surface area contributed by atoms with Crippen LogP contribution in [0.15, 0.2) is 0 Å². The van der Waals surface area contributed by atoms with Gasteiger partial charge in [0.25, 0.3) is 0 Å². The SMILES string of the molecule is CC[C@H]1OC(=O)[C@H](C)[C@@H](O)[C@H](C)[C@@H](O[C@H]2O[C@H](C)C[C@H](NC)[C@H]2O)[C@](C)(O)C[C@@H](C)CN(C)[C@H](C)[C@@H](O)[C@]1(C)O. The van der Waals surface area contributed by atoms with Gasteiger partial charge in [0.1, 0.15) is 23.9 Å². The maximum Gasteiger partial charge on any atom is 0.311 e. The van der Waals surface area contributed by atoms with Crippen molar-refractivity contribution in [1.29, 1.82) is 0 Å². The molecule has 0 aromatic rings. The molecule has 14 atom stereocenters. The van der Waals surface area contributed by atoms with Gasteiger partial charge >= 0.3 is 5.97 Å². The Labute approximate surface area is 240 Å². The molecule has 2 saturated heterocycles. The molecule has 11 heteroatoms. The number of likely N-dealkylation sites (N-methyl/N-ethyl adjacent to an activating group) is 2.